The molecular weight excluding hydrogens is 383 g/mol. The van der Waals surface area contributed by atoms with E-state index in [1.54, 1.807) is 37.3 Å². The van der Waals surface area contributed by atoms with Crippen molar-refractivity contribution in [2.24, 2.45) is 5.10 Å². The number of hydrazone groups is 1. The number of nitrogens with one attached hydrogen (secondary N) is 1. The van der Waals surface area contributed by atoms with Crippen LogP contribution in [-0.4, -0.2) is 11.6 Å². The minimum Gasteiger partial charge on any atom is -0.267 e. The third-order valence-corrected chi connectivity index (χ3v) is 4.49. The largest absolute Gasteiger partial charge is 0.271 e. The average Bonchev–Trinajstić information content (AvgIpc) is 2.75. The van der Waals surface area contributed by atoms with Crippen LogP contribution in [0.25, 0.3) is 0 Å². The number of rotatable bonds is 3. The van der Waals surface area contributed by atoms with Crippen LogP contribution in [-0.2, 0) is 0 Å². The summed E-state index contributed by atoms with van der Waals surface area (Å²) in [5.74, 6) is -0.283. The zero-order valence-corrected chi connectivity index (χ0v) is 14.2. The summed E-state index contributed by atoms with van der Waals surface area (Å²) in [5.41, 5.74) is 4.34. The van der Waals surface area contributed by atoms with Gasteiger partial charge in [-0.25, -0.2) is 5.43 Å². The SMILES string of the molecule is CC(=NNC(=O)c1ccc(Br)cc1)c1cc(Cl)sc1Cl. The molecule has 0 saturated heterocycles. The number of amides is 1. The highest BCUT2D eigenvalue weighted by atomic mass is 79.9. The summed E-state index contributed by atoms with van der Waals surface area (Å²) in [4.78, 5) is 11.9. The lowest BCUT2D eigenvalue weighted by Crippen LogP contribution is -2.19. The second-order valence-electron chi connectivity index (χ2n) is 3.88. The van der Waals surface area contributed by atoms with Crippen molar-refractivity contribution in [3.63, 3.8) is 0 Å². The van der Waals surface area contributed by atoms with Gasteiger partial charge in [-0.2, -0.15) is 5.10 Å². The number of carbonyl (C=O) groups is 1. The van der Waals surface area contributed by atoms with E-state index < -0.39 is 0 Å². The maximum Gasteiger partial charge on any atom is 0.271 e. The number of benzene rings is 1. The van der Waals surface area contributed by atoms with Crippen molar-refractivity contribution < 1.29 is 4.79 Å². The van der Waals surface area contributed by atoms with E-state index in [4.69, 9.17) is 23.2 Å². The van der Waals surface area contributed by atoms with Crippen molar-refractivity contribution in [2.45, 2.75) is 6.92 Å². The summed E-state index contributed by atoms with van der Waals surface area (Å²) < 4.78 is 2.04. The van der Waals surface area contributed by atoms with Crippen molar-refractivity contribution in [3.8, 4) is 0 Å². The standard InChI is InChI=1S/C13H9BrCl2N2OS/c1-7(10-6-11(15)20-12(10)16)17-18-13(19)8-2-4-9(14)5-3-8/h2-6H,1H3,(H,18,19). The van der Waals surface area contributed by atoms with Crippen LogP contribution in [0, 0.1) is 0 Å². The van der Waals surface area contributed by atoms with Crippen LogP contribution in [0.1, 0.15) is 22.8 Å². The summed E-state index contributed by atoms with van der Waals surface area (Å²) >= 11 is 16.5. The first kappa shape index (κ1) is 15.5. The molecule has 1 N–H and O–H groups in total. The first-order chi connectivity index (χ1) is 9.47. The Labute approximate surface area is 138 Å². The van der Waals surface area contributed by atoms with Gasteiger partial charge in [-0.3, -0.25) is 4.79 Å². The van der Waals surface area contributed by atoms with E-state index in [1.807, 2.05) is 0 Å². The van der Waals surface area contributed by atoms with Gasteiger partial charge in [0, 0.05) is 15.6 Å². The number of nitrogens with zero attached hydrogens (tertiary/aromatic N) is 1. The Morgan fingerprint density at radius 3 is 2.50 bits per heavy atom. The summed E-state index contributed by atoms with van der Waals surface area (Å²) in [6.07, 6.45) is 0. The topological polar surface area (TPSA) is 41.5 Å². The number of hydrogen-bond donors (Lipinski definition) is 1. The molecule has 7 heteroatoms. The third kappa shape index (κ3) is 3.82. The minimum absolute atomic E-state index is 0.283. The lowest BCUT2D eigenvalue weighted by atomic mass is 10.2. The van der Waals surface area contributed by atoms with E-state index in [9.17, 15) is 4.79 Å². The van der Waals surface area contributed by atoms with E-state index >= 15 is 0 Å². The summed E-state index contributed by atoms with van der Waals surface area (Å²) in [7, 11) is 0. The van der Waals surface area contributed by atoms with Gasteiger partial charge in [-0.1, -0.05) is 39.1 Å². The molecule has 0 radical (unpaired) electrons. The Balaban J connectivity index is 2.10. The highest BCUT2D eigenvalue weighted by Crippen LogP contribution is 2.31. The van der Waals surface area contributed by atoms with Gasteiger partial charge in [-0.15, -0.1) is 11.3 Å². The molecule has 3 nitrogen and oxygen atoms in total. The normalized spacial score (nSPS) is 11.5. The van der Waals surface area contributed by atoms with Crippen molar-refractivity contribution in [3.05, 3.63) is 54.6 Å². The van der Waals surface area contributed by atoms with Gasteiger partial charge in [0.1, 0.15) is 4.34 Å². The molecule has 2 aromatic rings. The van der Waals surface area contributed by atoms with Crippen LogP contribution in [0.15, 0.2) is 39.9 Å². The van der Waals surface area contributed by atoms with Gasteiger partial charge in [0.05, 0.1) is 10.0 Å². The molecule has 0 aliphatic heterocycles. The monoisotopic (exact) mass is 390 g/mol. The van der Waals surface area contributed by atoms with Crippen LogP contribution in [0.5, 0.6) is 0 Å². The average molecular weight is 392 g/mol. The van der Waals surface area contributed by atoms with Crippen molar-refractivity contribution in [1.82, 2.24) is 5.43 Å². The van der Waals surface area contributed by atoms with Gasteiger partial charge < -0.3 is 0 Å². The maximum absolute atomic E-state index is 11.9. The summed E-state index contributed by atoms with van der Waals surface area (Å²) in [5, 5.41) is 4.04. The molecule has 1 heterocycles. The molecule has 104 valence electrons. The first-order valence-electron chi connectivity index (χ1n) is 5.53. The lowest BCUT2D eigenvalue weighted by molar-refractivity contribution is 0.0955. The Morgan fingerprint density at radius 1 is 1.30 bits per heavy atom. The van der Waals surface area contributed by atoms with Crippen LogP contribution in [0.4, 0.5) is 0 Å². The predicted molar refractivity (Wildman–Crippen MR) is 88.2 cm³/mol. The van der Waals surface area contributed by atoms with Gasteiger partial charge in [0.2, 0.25) is 0 Å². The van der Waals surface area contributed by atoms with E-state index in [2.05, 4.69) is 26.5 Å². The van der Waals surface area contributed by atoms with Gasteiger partial charge in [-0.05, 0) is 37.3 Å². The third-order valence-electron chi connectivity index (χ3n) is 2.48. The molecule has 0 atom stereocenters. The molecule has 0 spiro atoms. The van der Waals surface area contributed by atoms with Crippen molar-refractivity contribution in [1.29, 1.82) is 0 Å². The molecule has 0 unspecified atom stereocenters. The fourth-order valence-electron chi connectivity index (χ4n) is 1.45. The van der Waals surface area contributed by atoms with Crippen LogP contribution >= 0.6 is 50.5 Å². The zero-order chi connectivity index (χ0) is 14.7. The molecule has 20 heavy (non-hydrogen) atoms. The fourth-order valence-corrected chi connectivity index (χ4v) is 3.28. The van der Waals surface area contributed by atoms with E-state index in [0.717, 1.165) is 10.0 Å². The highest BCUT2D eigenvalue weighted by Gasteiger charge is 2.10. The lowest BCUT2D eigenvalue weighted by Gasteiger charge is -2.02. The molecule has 0 fully saturated rings. The Bertz CT molecular complexity index is 668. The van der Waals surface area contributed by atoms with Crippen LogP contribution in [0.2, 0.25) is 8.67 Å². The molecular formula is C13H9BrCl2N2OS. The Kier molecular flexibility index (Phi) is 5.21. The van der Waals surface area contributed by atoms with Gasteiger partial charge in [0.25, 0.3) is 5.91 Å². The number of hydrogen-bond acceptors (Lipinski definition) is 3. The minimum atomic E-state index is -0.283. The van der Waals surface area contributed by atoms with Crippen LogP contribution in [0.3, 0.4) is 0 Å². The molecule has 0 aliphatic carbocycles. The molecule has 0 aliphatic rings. The highest BCUT2D eigenvalue weighted by molar-refractivity contribution is 9.10. The molecule has 1 amide bonds. The first-order valence-corrected chi connectivity index (χ1v) is 7.89. The van der Waals surface area contributed by atoms with Crippen molar-refractivity contribution >= 4 is 62.1 Å². The number of carbonyl (C=O) groups excluding carboxylic acids is 1. The molecule has 2 rings (SSSR count). The Hall–Kier alpha value is -0.880. The quantitative estimate of drug-likeness (QED) is 0.582. The summed E-state index contributed by atoms with van der Waals surface area (Å²) in [6, 6.07) is 8.72. The fraction of sp³-hybridized carbons (Fsp3) is 0.0769. The van der Waals surface area contributed by atoms with E-state index in [-0.39, 0.29) is 5.91 Å². The number of halogens is 3. The second-order valence-corrected chi connectivity index (χ2v) is 7.08. The van der Waals surface area contributed by atoms with Crippen molar-refractivity contribution in [2.75, 3.05) is 0 Å². The molecule has 1 aromatic heterocycles. The van der Waals surface area contributed by atoms with Gasteiger partial charge in [0.15, 0.2) is 0 Å². The van der Waals surface area contributed by atoms with Crippen LogP contribution < -0.4 is 5.43 Å². The molecule has 0 bridgehead atoms. The predicted octanol–water partition coefficient (Wildman–Crippen LogP) is 4.97. The Morgan fingerprint density at radius 2 is 1.95 bits per heavy atom. The van der Waals surface area contributed by atoms with E-state index in [1.165, 1.54) is 11.3 Å². The zero-order valence-electron chi connectivity index (χ0n) is 10.3. The maximum atomic E-state index is 11.9. The van der Waals surface area contributed by atoms with Gasteiger partial charge >= 0.3 is 0 Å². The molecule has 1 aromatic carbocycles. The smallest absolute Gasteiger partial charge is 0.267 e. The molecule has 0 saturated carbocycles. The summed E-state index contributed by atoms with van der Waals surface area (Å²) in [6.45, 7) is 1.76. The van der Waals surface area contributed by atoms with E-state index in [0.29, 0.717) is 19.9 Å². The number of thiophene rings is 1. The second kappa shape index (κ2) is 6.72.